The van der Waals surface area contributed by atoms with E-state index in [1.54, 1.807) is 0 Å². The van der Waals surface area contributed by atoms with E-state index in [2.05, 4.69) is 6.92 Å². The third-order valence-corrected chi connectivity index (χ3v) is 9.51. The van der Waals surface area contributed by atoms with Crippen molar-refractivity contribution in [1.82, 2.24) is 0 Å². The molecule has 4 fully saturated rings. The Hall–Kier alpha value is -0.200. The number of hydrogen-bond acceptors (Lipinski definition) is 5. The van der Waals surface area contributed by atoms with Crippen molar-refractivity contribution in [2.24, 2.45) is 34.5 Å². The Bertz CT molecular complexity index is 555. The number of aliphatic hydroxyl groups is 5. The molecule has 0 aliphatic heterocycles. The second-order valence-electron chi connectivity index (χ2n) is 10.4. The van der Waals surface area contributed by atoms with Crippen LogP contribution in [0.4, 0.5) is 0 Å². The third kappa shape index (κ3) is 2.33. The monoisotopic (exact) mass is 368 g/mol. The van der Waals surface area contributed by atoms with Crippen molar-refractivity contribution in [2.45, 2.75) is 89.1 Å². The number of aliphatic hydroxyl groups excluding tert-OH is 4. The van der Waals surface area contributed by atoms with Gasteiger partial charge in [-0.1, -0.05) is 13.8 Å². The van der Waals surface area contributed by atoms with Gasteiger partial charge in [0.15, 0.2) is 0 Å². The Morgan fingerprint density at radius 3 is 2.46 bits per heavy atom. The molecule has 5 nitrogen and oxygen atoms in total. The van der Waals surface area contributed by atoms with E-state index in [1.807, 2.05) is 6.92 Å². The molecule has 5 N–H and O–H groups in total. The van der Waals surface area contributed by atoms with Gasteiger partial charge in [0.2, 0.25) is 0 Å². The zero-order chi connectivity index (χ0) is 18.9. The summed E-state index contributed by atoms with van der Waals surface area (Å²) in [5.74, 6) is 1.29. The summed E-state index contributed by atoms with van der Waals surface area (Å²) < 4.78 is 0. The predicted molar refractivity (Wildman–Crippen MR) is 97.2 cm³/mol. The van der Waals surface area contributed by atoms with Crippen LogP contribution in [0.25, 0.3) is 0 Å². The van der Waals surface area contributed by atoms with Gasteiger partial charge in [0.05, 0.1) is 24.4 Å². The summed E-state index contributed by atoms with van der Waals surface area (Å²) >= 11 is 0. The lowest BCUT2D eigenvalue weighted by Crippen LogP contribution is -2.64. The average molecular weight is 369 g/mol. The van der Waals surface area contributed by atoms with Gasteiger partial charge in [-0.05, 0) is 80.5 Å². The summed E-state index contributed by atoms with van der Waals surface area (Å²) in [7, 11) is 0. The van der Waals surface area contributed by atoms with Gasteiger partial charge in [-0.15, -0.1) is 0 Å². The maximum absolute atomic E-state index is 11.3. The third-order valence-electron chi connectivity index (χ3n) is 9.51. The van der Waals surface area contributed by atoms with Gasteiger partial charge < -0.3 is 25.5 Å². The molecule has 4 aliphatic rings. The fraction of sp³-hybridized carbons (Fsp3) is 1.00. The van der Waals surface area contributed by atoms with Crippen LogP contribution in [0, 0.1) is 34.5 Å². The molecule has 150 valence electrons. The van der Waals surface area contributed by atoms with Gasteiger partial charge in [-0.3, -0.25) is 0 Å². The van der Waals surface area contributed by atoms with Gasteiger partial charge in [0, 0.05) is 5.41 Å². The molecule has 0 bridgehead atoms. The molecule has 0 unspecified atom stereocenters. The molecule has 0 aromatic heterocycles. The summed E-state index contributed by atoms with van der Waals surface area (Å²) in [6, 6.07) is 0. The molecule has 26 heavy (non-hydrogen) atoms. The van der Waals surface area contributed by atoms with Crippen molar-refractivity contribution >= 4 is 0 Å². The number of hydrogen-bond donors (Lipinski definition) is 5. The lowest BCUT2D eigenvalue weighted by atomic mass is 9.43. The van der Waals surface area contributed by atoms with Crippen LogP contribution in [0.2, 0.25) is 0 Å². The van der Waals surface area contributed by atoms with Gasteiger partial charge in [0.25, 0.3) is 0 Å². The smallest absolute Gasteiger partial charge is 0.106 e. The Balaban J connectivity index is 1.68. The minimum absolute atomic E-state index is 0.0548. The highest BCUT2D eigenvalue weighted by molar-refractivity contribution is 5.17. The SMILES string of the molecule is C[C@]12CC[C@@H](O)C[C@@H]1CC[C@@H]1[C@@H]2[C@H](O)C[C@]2(C)[C@@H]1CC[C@]2(O)[C@@H](O)CO. The van der Waals surface area contributed by atoms with E-state index in [0.29, 0.717) is 24.7 Å². The maximum Gasteiger partial charge on any atom is 0.106 e. The minimum atomic E-state index is -1.32. The summed E-state index contributed by atoms with van der Waals surface area (Å²) in [6.07, 6.45) is 4.70. The first kappa shape index (κ1) is 19.1. The highest BCUT2D eigenvalue weighted by Crippen LogP contribution is 2.68. The molecule has 10 atom stereocenters. The van der Waals surface area contributed by atoms with Gasteiger partial charge in [-0.25, -0.2) is 0 Å². The lowest BCUT2D eigenvalue weighted by Gasteiger charge is -2.63. The predicted octanol–water partition coefficient (Wildman–Crippen LogP) is 1.45. The molecule has 0 aromatic carbocycles. The molecule has 0 aromatic rings. The highest BCUT2D eigenvalue weighted by atomic mass is 16.4. The van der Waals surface area contributed by atoms with Crippen molar-refractivity contribution in [2.75, 3.05) is 6.61 Å². The van der Waals surface area contributed by atoms with Crippen LogP contribution in [0.3, 0.4) is 0 Å². The van der Waals surface area contributed by atoms with Crippen LogP contribution < -0.4 is 0 Å². The molecule has 0 heterocycles. The zero-order valence-corrected chi connectivity index (χ0v) is 16.1. The van der Waals surface area contributed by atoms with E-state index in [9.17, 15) is 25.5 Å². The van der Waals surface area contributed by atoms with Crippen molar-refractivity contribution < 1.29 is 25.5 Å². The number of rotatable bonds is 2. The molecule has 0 amide bonds. The minimum Gasteiger partial charge on any atom is -0.394 e. The largest absolute Gasteiger partial charge is 0.394 e. The van der Waals surface area contributed by atoms with Gasteiger partial charge in [-0.2, -0.15) is 0 Å². The van der Waals surface area contributed by atoms with E-state index >= 15 is 0 Å². The molecular weight excluding hydrogens is 332 g/mol. The molecule has 5 heteroatoms. The van der Waals surface area contributed by atoms with Gasteiger partial charge in [0.1, 0.15) is 6.10 Å². The molecular formula is C21H36O5. The topological polar surface area (TPSA) is 101 Å². The van der Waals surface area contributed by atoms with E-state index in [1.165, 1.54) is 0 Å². The maximum atomic E-state index is 11.3. The highest BCUT2D eigenvalue weighted by Gasteiger charge is 2.68. The summed E-state index contributed by atoms with van der Waals surface area (Å²) in [5, 5.41) is 52.5. The molecule has 4 saturated carbocycles. The fourth-order valence-corrected chi connectivity index (χ4v) is 8.10. The van der Waals surface area contributed by atoms with Crippen LogP contribution in [-0.2, 0) is 0 Å². The van der Waals surface area contributed by atoms with Crippen molar-refractivity contribution in [1.29, 1.82) is 0 Å². The van der Waals surface area contributed by atoms with Crippen LogP contribution >= 0.6 is 0 Å². The van der Waals surface area contributed by atoms with E-state index < -0.39 is 29.8 Å². The first-order chi connectivity index (χ1) is 12.2. The quantitative estimate of drug-likeness (QED) is 0.508. The molecule has 0 spiro atoms. The van der Waals surface area contributed by atoms with Crippen molar-refractivity contribution in [3.05, 3.63) is 0 Å². The average Bonchev–Trinajstić information content (AvgIpc) is 2.86. The Morgan fingerprint density at radius 2 is 1.77 bits per heavy atom. The van der Waals surface area contributed by atoms with Crippen LogP contribution in [0.5, 0.6) is 0 Å². The van der Waals surface area contributed by atoms with Crippen molar-refractivity contribution in [3.8, 4) is 0 Å². The fourth-order valence-electron chi connectivity index (χ4n) is 8.10. The van der Waals surface area contributed by atoms with E-state index in [-0.39, 0.29) is 23.4 Å². The van der Waals surface area contributed by atoms with Crippen LogP contribution in [0.1, 0.15) is 65.2 Å². The van der Waals surface area contributed by atoms with E-state index in [0.717, 1.165) is 38.5 Å². The standard InChI is InChI=1S/C21H36O5/c1-19-7-5-13(23)9-12(19)3-4-14-15-6-8-21(26,17(25)11-22)20(15,2)10-16(24)18(14)19/h12-18,22-26H,3-11H2,1-2H3/t12-,13+,14-,15+,16+,17-,18+,19-,20+,21-/m0/s1. The Morgan fingerprint density at radius 1 is 1.04 bits per heavy atom. The molecule has 0 radical (unpaired) electrons. The van der Waals surface area contributed by atoms with Crippen LogP contribution in [-0.4, -0.2) is 56.1 Å². The first-order valence-corrected chi connectivity index (χ1v) is 10.5. The van der Waals surface area contributed by atoms with E-state index in [4.69, 9.17) is 0 Å². The second kappa shape index (κ2) is 6.15. The normalized spacial score (nSPS) is 57.8. The van der Waals surface area contributed by atoms with Crippen LogP contribution in [0.15, 0.2) is 0 Å². The van der Waals surface area contributed by atoms with Gasteiger partial charge >= 0.3 is 0 Å². The number of fused-ring (bicyclic) bond motifs is 5. The molecule has 4 rings (SSSR count). The lowest BCUT2D eigenvalue weighted by molar-refractivity contribution is -0.224. The summed E-state index contributed by atoms with van der Waals surface area (Å²) in [4.78, 5) is 0. The Labute approximate surface area is 156 Å². The second-order valence-corrected chi connectivity index (χ2v) is 10.4. The molecule has 4 aliphatic carbocycles. The zero-order valence-electron chi connectivity index (χ0n) is 16.1. The Kier molecular flexibility index (Phi) is 4.52. The summed E-state index contributed by atoms with van der Waals surface area (Å²) in [5.41, 5.74) is -1.83. The van der Waals surface area contributed by atoms with Crippen molar-refractivity contribution in [3.63, 3.8) is 0 Å². The summed E-state index contributed by atoms with van der Waals surface area (Å²) in [6.45, 7) is 3.89. The first-order valence-electron chi connectivity index (χ1n) is 10.5. The molecule has 0 saturated heterocycles.